The third-order valence-electron chi connectivity index (χ3n) is 9.10. The number of nitrogens with zero attached hydrogens (tertiary/aromatic N) is 2. The van der Waals surface area contributed by atoms with Crippen LogP contribution in [-0.4, -0.2) is 86.3 Å². The number of sulfonamides is 1. The lowest BCUT2D eigenvalue weighted by Gasteiger charge is -2.26. The Morgan fingerprint density at radius 2 is 1.86 bits per heavy atom. The van der Waals surface area contributed by atoms with Crippen LogP contribution in [-0.2, 0) is 24.3 Å². The SMILES string of the molecule is COc1ccc2c(C(=O)OC[C@@H]3NC(=O)N(C)CCCCC=C[C@@H]4C[C@@]4(C(=O)NS(=O)(=O)C4CC4)NC3=O)cc(-c3ccccc3)nc2c1. The zero-order valence-corrected chi connectivity index (χ0v) is 28.1. The Labute approximate surface area is 284 Å². The Morgan fingerprint density at radius 3 is 2.59 bits per heavy atom. The summed E-state index contributed by atoms with van der Waals surface area (Å²) < 4.78 is 38.5. The van der Waals surface area contributed by atoms with Gasteiger partial charge in [-0.25, -0.2) is 23.0 Å². The molecule has 1 aliphatic heterocycles. The minimum atomic E-state index is -3.89. The van der Waals surface area contributed by atoms with Crippen molar-refractivity contribution in [1.82, 2.24) is 25.2 Å². The number of nitrogens with one attached hydrogen (secondary N) is 3. The van der Waals surface area contributed by atoms with Gasteiger partial charge in [-0.1, -0.05) is 42.5 Å². The third-order valence-corrected chi connectivity index (χ3v) is 10.9. The van der Waals surface area contributed by atoms with E-state index in [0.717, 1.165) is 12.0 Å². The number of pyridine rings is 1. The molecular weight excluding hydrogens is 650 g/mol. The monoisotopic (exact) mass is 689 g/mol. The van der Waals surface area contributed by atoms with E-state index in [2.05, 4.69) is 15.4 Å². The lowest BCUT2D eigenvalue weighted by Crippen LogP contribution is -2.59. The second-order valence-corrected chi connectivity index (χ2v) is 14.7. The van der Waals surface area contributed by atoms with Crippen molar-refractivity contribution in [3.63, 3.8) is 0 Å². The van der Waals surface area contributed by atoms with E-state index in [1.165, 1.54) is 12.0 Å². The molecule has 13 nitrogen and oxygen atoms in total. The fraction of sp³-hybridized carbons (Fsp3) is 0.400. The summed E-state index contributed by atoms with van der Waals surface area (Å²) in [6.07, 6.45) is 7.00. The summed E-state index contributed by atoms with van der Waals surface area (Å²) in [5.41, 5.74) is 0.414. The topological polar surface area (TPSA) is 173 Å². The van der Waals surface area contributed by atoms with E-state index in [1.54, 1.807) is 31.3 Å². The number of rotatable bonds is 8. The molecule has 2 fully saturated rings. The van der Waals surface area contributed by atoms with Crippen LogP contribution in [0.15, 0.2) is 66.7 Å². The van der Waals surface area contributed by atoms with Crippen LogP contribution in [0.1, 0.15) is 48.9 Å². The van der Waals surface area contributed by atoms with Gasteiger partial charge < -0.3 is 25.0 Å². The van der Waals surface area contributed by atoms with Crippen molar-refractivity contribution >= 4 is 44.7 Å². The van der Waals surface area contributed by atoms with Crippen LogP contribution in [0.3, 0.4) is 0 Å². The first-order chi connectivity index (χ1) is 23.5. The molecule has 2 aromatic carbocycles. The Kier molecular flexibility index (Phi) is 9.59. The van der Waals surface area contributed by atoms with Crippen molar-refractivity contribution < 1.29 is 37.1 Å². The first kappa shape index (κ1) is 33.9. The molecule has 1 aromatic heterocycles. The number of urea groups is 1. The van der Waals surface area contributed by atoms with Gasteiger partial charge in [0.1, 0.15) is 23.9 Å². The summed E-state index contributed by atoms with van der Waals surface area (Å²) in [7, 11) is -0.767. The summed E-state index contributed by atoms with van der Waals surface area (Å²) in [6.45, 7) is -0.138. The molecule has 2 saturated carbocycles. The van der Waals surface area contributed by atoms with E-state index in [0.29, 0.717) is 54.6 Å². The van der Waals surface area contributed by atoms with Gasteiger partial charge in [0, 0.05) is 36.5 Å². The number of benzene rings is 2. The number of hydrogen-bond donors (Lipinski definition) is 3. The minimum absolute atomic E-state index is 0.177. The molecule has 0 unspecified atom stereocenters. The molecular formula is C35H39N5O8S. The van der Waals surface area contributed by atoms with Gasteiger partial charge in [-0.3, -0.25) is 14.3 Å². The molecule has 4 amide bonds. The lowest BCUT2D eigenvalue weighted by molar-refractivity contribution is -0.130. The van der Waals surface area contributed by atoms with Crippen molar-refractivity contribution in [3.8, 4) is 17.0 Å². The highest BCUT2D eigenvalue weighted by molar-refractivity contribution is 7.91. The van der Waals surface area contributed by atoms with E-state index in [9.17, 15) is 27.6 Å². The highest BCUT2D eigenvalue weighted by Gasteiger charge is 2.61. The van der Waals surface area contributed by atoms with Crippen LogP contribution in [0.4, 0.5) is 4.79 Å². The highest BCUT2D eigenvalue weighted by Crippen LogP contribution is 2.45. The van der Waals surface area contributed by atoms with Gasteiger partial charge in [-0.2, -0.15) is 0 Å². The van der Waals surface area contributed by atoms with E-state index in [1.807, 2.05) is 42.5 Å². The zero-order chi connectivity index (χ0) is 34.8. The average molecular weight is 690 g/mol. The number of carbonyl (C=O) groups excluding carboxylic acids is 4. The Hall–Kier alpha value is -4.98. The molecule has 258 valence electrons. The number of methoxy groups -OCH3 is 1. The normalized spacial score (nSPS) is 23.0. The quantitative estimate of drug-likeness (QED) is 0.237. The molecule has 3 N–H and O–H groups in total. The van der Waals surface area contributed by atoms with E-state index in [4.69, 9.17) is 14.5 Å². The Balaban J connectivity index is 1.28. The molecule has 6 rings (SSSR count). The van der Waals surface area contributed by atoms with Crippen LogP contribution >= 0.6 is 0 Å². The van der Waals surface area contributed by atoms with Gasteiger partial charge in [0.25, 0.3) is 5.91 Å². The fourth-order valence-electron chi connectivity index (χ4n) is 5.88. The van der Waals surface area contributed by atoms with E-state index in [-0.39, 0.29) is 12.0 Å². The zero-order valence-electron chi connectivity index (χ0n) is 27.3. The van der Waals surface area contributed by atoms with Crippen LogP contribution < -0.4 is 20.1 Å². The molecule has 0 bridgehead atoms. The molecule has 0 spiro atoms. The second-order valence-electron chi connectivity index (χ2n) is 12.7. The smallest absolute Gasteiger partial charge is 0.338 e. The maximum absolute atomic E-state index is 13.9. The van der Waals surface area contributed by atoms with Gasteiger partial charge in [-0.05, 0) is 56.7 Å². The van der Waals surface area contributed by atoms with Crippen LogP contribution in [0.25, 0.3) is 22.2 Å². The number of ether oxygens (including phenoxy) is 2. The molecule has 2 aliphatic carbocycles. The van der Waals surface area contributed by atoms with Crippen molar-refractivity contribution in [1.29, 1.82) is 0 Å². The van der Waals surface area contributed by atoms with E-state index < -0.39 is 63.2 Å². The van der Waals surface area contributed by atoms with Crippen LogP contribution in [0.5, 0.6) is 5.75 Å². The lowest BCUT2D eigenvalue weighted by atomic mass is 10.0. The predicted molar refractivity (Wildman–Crippen MR) is 181 cm³/mol. The first-order valence-corrected chi connectivity index (χ1v) is 17.8. The molecule has 0 saturated heterocycles. The van der Waals surface area contributed by atoms with Gasteiger partial charge in [0.2, 0.25) is 15.9 Å². The van der Waals surface area contributed by atoms with Crippen molar-refractivity contribution in [2.24, 2.45) is 5.92 Å². The van der Waals surface area contributed by atoms with Gasteiger partial charge >= 0.3 is 12.0 Å². The number of allylic oxidation sites excluding steroid dienone is 1. The number of amides is 4. The summed E-state index contributed by atoms with van der Waals surface area (Å²) in [5, 5.41) is 5.20. The molecule has 3 aromatic rings. The average Bonchev–Trinajstić information content (AvgIpc) is 4.03. The van der Waals surface area contributed by atoms with Crippen LogP contribution in [0.2, 0.25) is 0 Å². The number of hydrogen-bond acceptors (Lipinski definition) is 9. The molecule has 14 heteroatoms. The predicted octanol–water partition coefficient (Wildman–Crippen LogP) is 3.30. The Bertz CT molecular complexity index is 1910. The van der Waals surface area contributed by atoms with Crippen molar-refractivity contribution in [2.45, 2.75) is 55.4 Å². The van der Waals surface area contributed by atoms with Gasteiger partial charge in [0.15, 0.2) is 0 Å². The van der Waals surface area contributed by atoms with Crippen LogP contribution in [0, 0.1) is 5.92 Å². The molecule has 2 heterocycles. The second kappa shape index (κ2) is 13.9. The van der Waals surface area contributed by atoms with Crippen molar-refractivity contribution in [3.05, 3.63) is 72.3 Å². The summed E-state index contributed by atoms with van der Waals surface area (Å²) in [6, 6.07) is 14.0. The fourth-order valence-corrected chi connectivity index (χ4v) is 7.25. The first-order valence-electron chi connectivity index (χ1n) is 16.3. The molecule has 49 heavy (non-hydrogen) atoms. The molecule has 3 atom stereocenters. The number of carbonyl (C=O) groups is 4. The van der Waals surface area contributed by atoms with Crippen molar-refractivity contribution in [2.75, 3.05) is 27.3 Å². The summed E-state index contributed by atoms with van der Waals surface area (Å²) in [5.74, 6) is -2.30. The number of fused-ring (bicyclic) bond motifs is 2. The highest BCUT2D eigenvalue weighted by atomic mass is 32.2. The molecule has 0 radical (unpaired) electrons. The number of esters is 1. The largest absolute Gasteiger partial charge is 0.497 e. The summed E-state index contributed by atoms with van der Waals surface area (Å²) >= 11 is 0. The maximum atomic E-state index is 13.9. The van der Waals surface area contributed by atoms with Gasteiger partial charge in [0.05, 0.1) is 29.1 Å². The minimum Gasteiger partial charge on any atom is -0.497 e. The third kappa shape index (κ3) is 7.53. The standard InChI is InChI=1S/C35H39N5O8S/c1-40-17-9-4-3-8-12-23-20-35(23,33(43)39-49(45,46)25-14-15-25)38-31(41)30(37-34(40)44)21-48-32(42)27-19-28(22-10-6-5-7-11-22)36-29-18-24(47-2)13-16-26(27)29/h5-8,10-13,16,18-19,23,25,30H,3-4,9,14-15,17,20-21H2,1-2H3,(H,37,44)(H,38,41)(H,39,43)/t23-,30+,35-/m1/s1. The maximum Gasteiger partial charge on any atom is 0.338 e. The van der Waals surface area contributed by atoms with E-state index >= 15 is 0 Å². The molecule has 3 aliphatic rings. The summed E-state index contributed by atoms with van der Waals surface area (Å²) in [4.78, 5) is 60.4. The Morgan fingerprint density at radius 1 is 1.08 bits per heavy atom. The number of aromatic nitrogens is 1. The van der Waals surface area contributed by atoms with Gasteiger partial charge in [-0.15, -0.1) is 0 Å².